The van der Waals surface area contributed by atoms with Crippen LogP contribution in [0.3, 0.4) is 0 Å². The van der Waals surface area contributed by atoms with Crippen LogP contribution in [-0.2, 0) is 32.5 Å². The Labute approximate surface area is 203 Å². The van der Waals surface area contributed by atoms with Crippen LogP contribution in [0.4, 0.5) is 0 Å². The molecule has 21 heteroatoms. The summed E-state index contributed by atoms with van der Waals surface area (Å²) >= 11 is 0. The Bertz CT molecular complexity index is 653. The normalized spacial score (nSPS) is 13.8. The molecule has 0 unspecified atom stereocenters. The van der Waals surface area contributed by atoms with Crippen molar-refractivity contribution >= 4 is 30.4 Å². The summed E-state index contributed by atoms with van der Waals surface area (Å²) in [7, 11) is -17.9. The van der Waals surface area contributed by atoms with Gasteiger partial charge < -0.3 is 53.4 Å². The zero-order valence-corrected chi connectivity index (χ0v) is 22.6. The van der Waals surface area contributed by atoms with E-state index < -0.39 is 55.5 Å². The predicted octanol–water partition coefficient (Wildman–Crippen LogP) is -1.04. The van der Waals surface area contributed by atoms with Crippen molar-refractivity contribution in [1.82, 2.24) is 9.80 Å². The highest BCUT2D eigenvalue weighted by Crippen LogP contribution is 2.41. The standard InChI is InChI=1S/C14H36N2O15P4/c17-32(18,19)11-15(12-33(20,21)22)3-1-5-29-7-9-31-10-8-30-6-2-4-16(13-34(23,24)25)14-35(26,27)28/h1-14H2,(H2,17,18,19)(H2,20,21,22)(H2,23,24,25)(H2,26,27,28). The van der Waals surface area contributed by atoms with Gasteiger partial charge in [0.25, 0.3) is 0 Å². The van der Waals surface area contributed by atoms with Gasteiger partial charge in [-0.15, -0.1) is 0 Å². The van der Waals surface area contributed by atoms with E-state index in [1.165, 1.54) is 0 Å². The lowest BCUT2D eigenvalue weighted by molar-refractivity contribution is 0.0121. The molecule has 8 N–H and O–H groups in total. The molecular weight excluding hydrogens is 560 g/mol. The first-order chi connectivity index (χ1) is 15.9. The summed E-state index contributed by atoms with van der Waals surface area (Å²) in [6.07, 6.45) is -2.52. The van der Waals surface area contributed by atoms with Crippen LogP contribution in [0.25, 0.3) is 0 Å². The van der Waals surface area contributed by atoms with Crippen molar-refractivity contribution in [3.05, 3.63) is 0 Å². The van der Waals surface area contributed by atoms with E-state index in [1.54, 1.807) is 0 Å². The van der Waals surface area contributed by atoms with Crippen LogP contribution in [0.1, 0.15) is 12.8 Å². The molecule has 0 saturated carbocycles. The van der Waals surface area contributed by atoms with Crippen LogP contribution in [0, 0.1) is 0 Å². The number of hydrogen-bond donors (Lipinski definition) is 8. The van der Waals surface area contributed by atoms with Gasteiger partial charge in [-0.25, -0.2) is 0 Å². The summed E-state index contributed by atoms with van der Waals surface area (Å²) < 4.78 is 60.1. The number of rotatable bonds is 22. The maximum absolute atomic E-state index is 11.1. The molecule has 0 aromatic rings. The molecule has 17 nitrogen and oxygen atoms in total. The molecule has 0 rings (SSSR count). The van der Waals surface area contributed by atoms with Crippen molar-refractivity contribution in [1.29, 1.82) is 0 Å². The summed E-state index contributed by atoms with van der Waals surface area (Å²) in [4.78, 5) is 73.8. The molecule has 0 aliphatic carbocycles. The average molecular weight is 596 g/mol. The van der Waals surface area contributed by atoms with Gasteiger partial charge in [-0.05, 0) is 12.8 Å². The van der Waals surface area contributed by atoms with Crippen LogP contribution in [0.5, 0.6) is 0 Å². The smallest absolute Gasteiger partial charge is 0.339 e. The summed E-state index contributed by atoms with van der Waals surface area (Å²) in [6.45, 7) is 1.24. The molecule has 0 atom stereocenters. The van der Waals surface area contributed by atoms with Gasteiger partial charge in [0.1, 0.15) is 25.1 Å². The van der Waals surface area contributed by atoms with Crippen molar-refractivity contribution < 1.29 is 71.6 Å². The van der Waals surface area contributed by atoms with Gasteiger partial charge in [0.15, 0.2) is 0 Å². The van der Waals surface area contributed by atoms with E-state index in [9.17, 15) is 18.3 Å². The molecule has 0 heterocycles. The van der Waals surface area contributed by atoms with E-state index in [0.29, 0.717) is 0 Å². The Hall–Kier alpha value is 0.400. The third kappa shape index (κ3) is 27.3. The monoisotopic (exact) mass is 596 g/mol. The van der Waals surface area contributed by atoms with E-state index in [1.807, 2.05) is 0 Å². The third-order valence-electron chi connectivity index (χ3n) is 3.81. The van der Waals surface area contributed by atoms with Crippen molar-refractivity contribution in [2.75, 3.05) is 77.9 Å². The number of hydrogen-bond acceptors (Lipinski definition) is 9. The minimum Gasteiger partial charge on any atom is -0.379 e. The molecule has 212 valence electrons. The fourth-order valence-electron chi connectivity index (χ4n) is 2.74. The first-order valence-corrected chi connectivity index (χ1v) is 17.4. The molecule has 0 saturated heterocycles. The van der Waals surface area contributed by atoms with Gasteiger partial charge in [-0.1, -0.05) is 0 Å². The van der Waals surface area contributed by atoms with Gasteiger partial charge in [0.2, 0.25) is 0 Å². The maximum Gasteiger partial charge on any atom is 0.339 e. The molecule has 35 heavy (non-hydrogen) atoms. The lowest BCUT2D eigenvalue weighted by atomic mass is 10.4. The van der Waals surface area contributed by atoms with Crippen LogP contribution >= 0.6 is 30.4 Å². The van der Waals surface area contributed by atoms with Crippen LogP contribution in [-0.4, -0.2) is 127 Å². The second-order valence-corrected chi connectivity index (χ2v) is 14.0. The molecule has 0 amide bonds. The Morgan fingerprint density at radius 1 is 0.429 bits per heavy atom. The van der Waals surface area contributed by atoms with Crippen molar-refractivity contribution in [3.8, 4) is 0 Å². The largest absolute Gasteiger partial charge is 0.379 e. The Kier molecular flexibility index (Phi) is 17.3. The number of ether oxygens (including phenoxy) is 3. The van der Waals surface area contributed by atoms with E-state index in [0.717, 1.165) is 9.80 Å². The lowest BCUT2D eigenvalue weighted by Crippen LogP contribution is -2.28. The zero-order valence-electron chi connectivity index (χ0n) is 19.0. The predicted molar refractivity (Wildman–Crippen MR) is 123 cm³/mol. The fraction of sp³-hybridized carbons (Fsp3) is 1.00. The number of nitrogens with zero attached hydrogens (tertiary/aromatic N) is 2. The second-order valence-electron chi connectivity index (χ2n) is 7.56. The van der Waals surface area contributed by atoms with E-state index in [2.05, 4.69) is 0 Å². The summed E-state index contributed by atoms with van der Waals surface area (Å²) in [5.74, 6) is 0. The Morgan fingerprint density at radius 2 is 0.657 bits per heavy atom. The van der Waals surface area contributed by atoms with Crippen LogP contribution < -0.4 is 0 Å². The summed E-state index contributed by atoms with van der Waals surface area (Å²) in [5.41, 5.74) is 0. The molecule has 0 aromatic carbocycles. The van der Waals surface area contributed by atoms with Crippen LogP contribution in [0.2, 0.25) is 0 Å². The van der Waals surface area contributed by atoms with Crippen molar-refractivity contribution in [2.24, 2.45) is 0 Å². The van der Waals surface area contributed by atoms with E-state index >= 15 is 0 Å². The molecule has 0 radical (unpaired) electrons. The highest BCUT2D eigenvalue weighted by atomic mass is 31.2. The molecule has 0 spiro atoms. The van der Waals surface area contributed by atoms with Crippen LogP contribution in [0.15, 0.2) is 0 Å². The first kappa shape index (κ1) is 35.4. The Morgan fingerprint density at radius 3 is 0.886 bits per heavy atom. The fourth-order valence-corrected chi connectivity index (χ4v) is 6.10. The third-order valence-corrected chi connectivity index (χ3v) is 6.88. The van der Waals surface area contributed by atoms with Gasteiger partial charge in [0, 0.05) is 26.3 Å². The molecular formula is C14H36N2O15P4. The van der Waals surface area contributed by atoms with Gasteiger partial charge in [-0.2, -0.15) is 0 Å². The quantitative estimate of drug-likeness (QED) is 0.0548. The van der Waals surface area contributed by atoms with Gasteiger partial charge in [0.05, 0.1) is 26.4 Å². The lowest BCUT2D eigenvalue weighted by Gasteiger charge is -2.22. The van der Waals surface area contributed by atoms with Gasteiger partial charge >= 0.3 is 30.4 Å². The van der Waals surface area contributed by atoms with E-state index in [-0.39, 0.29) is 65.6 Å². The highest BCUT2D eigenvalue weighted by molar-refractivity contribution is 7.53. The average Bonchev–Trinajstić information content (AvgIpc) is 2.59. The highest BCUT2D eigenvalue weighted by Gasteiger charge is 2.26. The molecule has 0 fully saturated rings. The first-order valence-electron chi connectivity index (χ1n) is 10.2. The summed E-state index contributed by atoms with van der Waals surface area (Å²) in [6, 6.07) is 0. The van der Waals surface area contributed by atoms with Crippen molar-refractivity contribution in [2.45, 2.75) is 12.8 Å². The molecule has 0 bridgehead atoms. The second kappa shape index (κ2) is 17.1. The van der Waals surface area contributed by atoms with Gasteiger partial charge in [-0.3, -0.25) is 28.1 Å². The maximum atomic E-state index is 11.1. The Balaban J connectivity index is 3.85. The molecule has 0 aromatic heterocycles. The molecule has 0 aliphatic rings. The zero-order chi connectivity index (χ0) is 27.2. The minimum atomic E-state index is -4.47. The van der Waals surface area contributed by atoms with Crippen molar-refractivity contribution in [3.63, 3.8) is 0 Å². The topological polar surface area (TPSA) is 264 Å². The minimum absolute atomic E-state index is 0.0185. The molecule has 0 aliphatic heterocycles. The summed E-state index contributed by atoms with van der Waals surface area (Å²) in [5, 5.41) is 0. The SMILES string of the molecule is O=P(O)(O)CN(CCCOCCOCCOCCCN(CP(=O)(O)O)CP(=O)(O)O)CP(=O)(O)O. The van der Waals surface area contributed by atoms with E-state index in [4.69, 9.17) is 53.4 Å².